The van der Waals surface area contributed by atoms with Gasteiger partial charge >= 0.3 is 0 Å². The molecular weight excluding hydrogens is 288 g/mol. The van der Waals surface area contributed by atoms with Crippen molar-refractivity contribution < 1.29 is 4.79 Å². The van der Waals surface area contributed by atoms with Crippen LogP contribution in [0.1, 0.15) is 38.6 Å². The Kier molecular flexibility index (Phi) is 5.38. The third-order valence-electron chi connectivity index (χ3n) is 3.04. The summed E-state index contributed by atoms with van der Waals surface area (Å²) in [4.78, 5) is 20.5. The van der Waals surface area contributed by atoms with Crippen LogP contribution in [0.3, 0.4) is 0 Å². The molecule has 1 atom stereocenters. The van der Waals surface area contributed by atoms with Crippen LogP contribution in [-0.2, 0) is 4.79 Å². The van der Waals surface area contributed by atoms with E-state index in [-0.39, 0.29) is 17.9 Å². The number of aromatic amines is 1. The van der Waals surface area contributed by atoms with Crippen LogP contribution >= 0.6 is 11.8 Å². The molecule has 2 N–H and O–H groups in total. The molecule has 2 aromatic heterocycles. The van der Waals surface area contributed by atoms with Gasteiger partial charge in [-0.15, -0.1) is 0 Å². The lowest BCUT2D eigenvalue weighted by Crippen LogP contribution is -2.33. The number of carbonyl (C=O) groups is 1. The predicted molar refractivity (Wildman–Crippen MR) is 81.1 cm³/mol. The fourth-order valence-electron chi connectivity index (χ4n) is 1.96. The van der Waals surface area contributed by atoms with Crippen molar-refractivity contribution in [3.8, 4) is 0 Å². The first-order chi connectivity index (χ1) is 10.1. The van der Waals surface area contributed by atoms with Crippen molar-refractivity contribution in [1.82, 2.24) is 30.0 Å². The molecular formula is C13H20N6OS. The molecule has 0 saturated carbocycles. The number of hydrogen-bond donors (Lipinski definition) is 2. The molecule has 0 fully saturated rings. The van der Waals surface area contributed by atoms with Gasteiger partial charge in [-0.25, -0.2) is 9.97 Å². The number of rotatable bonds is 7. The maximum atomic E-state index is 12.2. The number of imidazole rings is 1. The first kappa shape index (κ1) is 15.6. The standard InChI is InChI=1S/C13H20N6OS/c1-9(2)11-14-4-6-19(11)10(3)12(20)15-5-7-21-13-16-8-17-18-13/h4,6,8-10H,5,7H2,1-3H3,(H,15,20)(H,16,17,18). The zero-order valence-electron chi connectivity index (χ0n) is 12.4. The summed E-state index contributed by atoms with van der Waals surface area (Å²) in [5.74, 6) is 1.95. The number of hydrogen-bond acceptors (Lipinski definition) is 5. The summed E-state index contributed by atoms with van der Waals surface area (Å²) in [6.45, 7) is 6.60. The van der Waals surface area contributed by atoms with Gasteiger partial charge in [-0.1, -0.05) is 25.6 Å². The lowest BCUT2D eigenvalue weighted by molar-refractivity contribution is -0.123. The van der Waals surface area contributed by atoms with Gasteiger partial charge in [0.2, 0.25) is 5.91 Å². The van der Waals surface area contributed by atoms with Gasteiger partial charge in [-0.2, -0.15) is 5.10 Å². The summed E-state index contributed by atoms with van der Waals surface area (Å²) >= 11 is 1.52. The van der Waals surface area contributed by atoms with E-state index in [2.05, 4.69) is 39.3 Å². The molecule has 0 radical (unpaired) electrons. The Morgan fingerprint density at radius 3 is 2.90 bits per heavy atom. The Labute approximate surface area is 127 Å². The van der Waals surface area contributed by atoms with Crippen molar-refractivity contribution in [2.24, 2.45) is 0 Å². The molecule has 7 nitrogen and oxygen atoms in total. The van der Waals surface area contributed by atoms with Gasteiger partial charge in [0.1, 0.15) is 18.2 Å². The van der Waals surface area contributed by atoms with E-state index in [0.717, 1.165) is 16.7 Å². The molecule has 0 bridgehead atoms. The minimum atomic E-state index is -0.264. The average molecular weight is 308 g/mol. The van der Waals surface area contributed by atoms with Crippen LogP contribution in [0.5, 0.6) is 0 Å². The number of amides is 1. The molecule has 8 heteroatoms. The van der Waals surface area contributed by atoms with E-state index in [4.69, 9.17) is 0 Å². The summed E-state index contributed by atoms with van der Waals surface area (Å²) in [7, 11) is 0. The summed E-state index contributed by atoms with van der Waals surface area (Å²) in [5, 5.41) is 10.2. The molecule has 1 amide bonds. The number of nitrogens with one attached hydrogen (secondary N) is 2. The van der Waals surface area contributed by atoms with Crippen LogP contribution < -0.4 is 5.32 Å². The Balaban J connectivity index is 1.81. The van der Waals surface area contributed by atoms with Crippen LogP contribution in [0, 0.1) is 0 Å². The van der Waals surface area contributed by atoms with Crippen LogP contribution in [0.2, 0.25) is 0 Å². The maximum Gasteiger partial charge on any atom is 0.242 e. The van der Waals surface area contributed by atoms with Gasteiger partial charge < -0.3 is 9.88 Å². The van der Waals surface area contributed by atoms with Crippen molar-refractivity contribution in [3.63, 3.8) is 0 Å². The molecule has 0 saturated heterocycles. The molecule has 0 spiro atoms. The van der Waals surface area contributed by atoms with E-state index < -0.39 is 0 Å². The van der Waals surface area contributed by atoms with Crippen molar-refractivity contribution >= 4 is 17.7 Å². The lowest BCUT2D eigenvalue weighted by Gasteiger charge is -2.17. The van der Waals surface area contributed by atoms with Crippen molar-refractivity contribution in [2.75, 3.05) is 12.3 Å². The molecule has 0 aliphatic heterocycles. The molecule has 0 aromatic carbocycles. The lowest BCUT2D eigenvalue weighted by atomic mass is 10.2. The Bertz CT molecular complexity index is 565. The second-order valence-electron chi connectivity index (χ2n) is 4.95. The fraction of sp³-hybridized carbons (Fsp3) is 0.538. The number of aromatic nitrogens is 5. The topological polar surface area (TPSA) is 88.5 Å². The van der Waals surface area contributed by atoms with Crippen molar-refractivity contribution in [3.05, 3.63) is 24.5 Å². The highest BCUT2D eigenvalue weighted by atomic mass is 32.2. The Morgan fingerprint density at radius 1 is 1.43 bits per heavy atom. The molecule has 114 valence electrons. The highest BCUT2D eigenvalue weighted by Gasteiger charge is 2.18. The second kappa shape index (κ2) is 7.26. The molecule has 0 aliphatic carbocycles. The fourth-order valence-corrected chi connectivity index (χ4v) is 2.60. The van der Waals surface area contributed by atoms with E-state index in [1.54, 1.807) is 6.20 Å². The Hall–Kier alpha value is -1.83. The number of thioether (sulfide) groups is 1. The number of H-pyrrole nitrogens is 1. The highest BCUT2D eigenvalue weighted by Crippen LogP contribution is 2.17. The number of carbonyl (C=O) groups excluding carboxylic acids is 1. The van der Waals surface area contributed by atoms with E-state index in [1.165, 1.54) is 18.1 Å². The summed E-state index contributed by atoms with van der Waals surface area (Å²) < 4.78 is 1.92. The summed E-state index contributed by atoms with van der Waals surface area (Å²) in [6.07, 6.45) is 5.05. The van der Waals surface area contributed by atoms with Gasteiger partial charge in [0.25, 0.3) is 0 Å². The second-order valence-corrected chi connectivity index (χ2v) is 6.04. The number of nitrogens with zero attached hydrogens (tertiary/aromatic N) is 4. The van der Waals surface area contributed by atoms with Gasteiger partial charge in [-0.05, 0) is 6.92 Å². The first-order valence-electron chi connectivity index (χ1n) is 6.88. The van der Waals surface area contributed by atoms with Crippen LogP contribution in [0.15, 0.2) is 23.9 Å². The van der Waals surface area contributed by atoms with E-state index >= 15 is 0 Å². The smallest absolute Gasteiger partial charge is 0.242 e. The molecule has 2 rings (SSSR count). The monoisotopic (exact) mass is 308 g/mol. The van der Waals surface area contributed by atoms with E-state index in [9.17, 15) is 4.79 Å². The third-order valence-corrected chi connectivity index (χ3v) is 3.92. The average Bonchev–Trinajstić information content (AvgIpc) is 3.13. The minimum Gasteiger partial charge on any atom is -0.353 e. The van der Waals surface area contributed by atoms with Gasteiger partial charge in [-0.3, -0.25) is 9.89 Å². The van der Waals surface area contributed by atoms with Gasteiger partial charge in [0.15, 0.2) is 5.16 Å². The van der Waals surface area contributed by atoms with Crippen LogP contribution in [-0.4, -0.2) is 42.9 Å². The Morgan fingerprint density at radius 2 is 2.24 bits per heavy atom. The largest absolute Gasteiger partial charge is 0.353 e. The SMILES string of the molecule is CC(C)c1nccn1C(C)C(=O)NCCSc1ncn[nH]1. The zero-order valence-corrected chi connectivity index (χ0v) is 13.2. The zero-order chi connectivity index (χ0) is 15.2. The molecule has 21 heavy (non-hydrogen) atoms. The molecule has 1 unspecified atom stereocenters. The highest BCUT2D eigenvalue weighted by molar-refractivity contribution is 7.99. The van der Waals surface area contributed by atoms with Gasteiger partial charge in [0.05, 0.1) is 0 Å². The van der Waals surface area contributed by atoms with E-state index in [0.29, 0.717) is 6.54 Å². The van der Waals surface area contributed by atoms with Crippen LogP contribution in [0.4, 0.5) is 0 Å². The van der Waals surface area contributed by atoms with E-state index in [1.807, 2.05) is 17.7 Å². The summed E-state index contributed by atoms with van der Waals surface area (Å²) in [6, 6.07) is -0.264. The van der Waals surface area contributed by atoms with Crippen LogP contribution in [0.25, 0.3) is 0 Å². The molecule has 0 aliphatic rings. The predicted octanol–water partition coefficient (Wildman–Crippen LogP) is 1.59. The first-order valence-corrected chi connectivity index (χ1v) is 7.86. The third kappa shape index (κ3) is 4.07. The molecule has 2 heterocycles. The minimum absolute atomic E-state index is 0.00642. The normalized spacial score (nSPS) is 12.6. The molecule has 2 aromatic rings. The van der Waals surface area contributed by atoms with Crippen molar-refractivity contribution in [2.45, 2.75) is 37.9 Å². The summed E-state index contributed by atoms with van der Waals surface area (Å²) in [5.41, 5.74) is 0. The quantitative estimate of drug-likeness (QED) is 0.599. The van der Waals surface area contributed by atoms with Crippen molar-refractivity contribution in [1.29, 1.82) is 0 Å². The van der Waals surface area contributed by atoms with Gasteiger partial charge in [0, 0.05) is 30.6 Å². The maximum absolute atomic E-state index is 12.2.